The first-order valence-electron chi connectivity index (χ1n) is 9.41. The van der Waals surface area contributed by atoms with Crippen LogP contribution in [0.2, 0.25) is 0 Å². The van der Waals surface area contributed by atoms with Crippen molar-refractivity contribution in [3.05, 3.63) is 87.1 Å². The van der Waals surface area contributed by atoms with Gasteiger partial charge in [0, 0.05) is 6.21 Å². The average Bonchev–Trinajstić information content (AvgIpc) is 2.68. The Morgan fingerprint density at radius 3 is 2.45 bits per heavy atom. The highest BCUT2D eigenvalue weighted by Gasteiger charge is 2.12. The average molecular weight is 456 g/mol. The van der Waals surface area contributed by atoms with Gasteiger partial charge in [-0.15, -0.1) is 0 Å². The standard InChI is InChI=1S/C24H23BrFNO2/c1-4-28-23-13-19(14-27-22-10-5-16(2)11-17(22)3)12-21(25)24(23)29-15-18-6-8-20(26)9-7-18/h5-14H,4,15H2,1-3H3. The predicted octanol–water partition coefficient (Wildman–Crippen LogP) is 6.93. The lowest BCUT2D eigenvalue weighted by Crippen LogP contribution is -2.01. The van der Waals surface area contributed by atoms with Crippen LogP contribution >= 0.6 is 15.9 Å². The third-order valence-electron chi connectivity index (χ3n) is 4.33. The predicted molar refractivity (Wildman–Crippen MR) is 119 cm³/mol. The molecule has 0 amide bonds. The summed E-state index contributed by atoms with van der Waals surface area (Å²) < 4.78 is 25.6. The van der Waals surface area contributed by atoms with E-state index in [2.05, 4.69) is 33.9 Å². The zero-order valence-corrected chi connectivity index (χ0v) is 18.3. The SMILES string of the molecule is CCOc1cc(C=Nc2ccc(C)cc2C)cc(Br)c1OCc1ccc(F)cc1. The monoisotopic (exact) mass is 455 g/mol. The van der Waals surface area contributed by atoms with E-state index >= 15 is 0 Å². The molecular weight excluding hydrogens is 433 g/mol. The molecule has 0 radical (unpaired) electrons. The Kier molecular flexibility index (Phi) is 7.04. The van der Waals surface area contributed by atoms with Crippen molar-refractivity contribution >= 4 is 27.8 Å². The van der Waals surface area contributed by atoms with Crippen LogP contribution in [0.15, 0.2) is 64.1 Å². The fourth-order valence-electron chi connectivity index (χ4n) is 2.90. The van der Waals surface area contributed by atoms with E-state index in [9.17, 15) is 4.39 Å². The van der Waals surface area contributed by atoms with Crippen molar-refractivity contribution < 1.29 is 13.9 Å². The van der Waals surface area contributed by atoms with Crippen molar-refractivity contribution in [1.29, 1.82) is 0 Å². The summed E-state index contributed by atoms with van der Waals surface area (Å²) in [5, 5.41) is 0. The number of rotatable bonds is 7. The second-order valence-corrected chi connectivity index (χ2v) is 7.58. The van der Waals surface area contributed by atoms with Gasteiger partial charge in [-0.2, -0.15) is 0 Å². The van der Waals surface area contributed by atoms with Crippen LogP contribution in [0.4, 0.5) is 10.1 Å². The molecule has 0 N–H and O–H groups in total. The smallest absolute Gasteiger partial charge is 0.175 e. The third kappa shape index (κ3) is 5.67. The minimum absolute atomic E-state index is 0.266. The molecule has 29 heavy (non-hydrogen) atoms. The molecule has 0 unspecified atom stereocenters. The molecule has 0 atom stereocenters. The van der Waals surface area contributed by atoms with E-state index in [0.717, 1.165) is 26.9 Å². The molecule has 150 valence electrons. The Hall–Kier alpha value is -2.66. The van der Waals surface area contributed by atoms with Gasteiger partial charge in [0.1, 0.15) is 12.4 Å². The highest BCUT2D eigenvalue weighted by Crippen LogP contribution is 2.37. The molecule has 3 nitrogen and oxygen atoms in total. The number of hydrogen-bond acceptors (Lipinski definition) is 3. The summed E-state index contributed by atoms with van der Waals surface area (Å²) in [6, 6.07) is 16.3. The van der Waals surface area contributed by atoms with Gasteiger partial charge in [-0.25, -0.2) is 4.39 Å². The number of aryl methyl sites for hydroxylation is 2. The van der Waals surface area contributed by atoms with Crippen molar-refractivity contribution in [2.24, 2.45) is 4.99 Å². The van der Waals surface area contributed by atoms with Crippen LogP contribution in [0.1, 0.15) is 29.2 Å². The maximum atomic E-state index is 13.1. The van der Waals surface area contributed by atoms with Gasteiger partial charge in [0.15, 0.2) is 11.5 Å². The fraction of sp³-hybridized carbons (Fsp3) is 0.208. The molecule has 0 spiro atoms. The minimum Gasteiger partial charge on any atom is -0.490 e. The topological polar surface area (TPSA) is 30.8 Å². The largest absolute Gasteiger partial charge is 0.490 e. The van der Waals surface area contributed by atoms with Crippen LogP contribution in [0.5, 0.6) is 11.5 Å². The first-order valence-corrected chi connectivity index (χ1v) is 10.2. The first kappa shape index (κ1) is 21.1. The van der Waals surface area contributed by atoms with E-state index in [-0.39, 0.29) is 5.82 Å². The molecule has 0 bridgehead atoms. The molecule has 0 aliphatic rings. The molecule has 0 aromatic heterocycles. The summed E-state index contributed by atoms with van der Waals surface area (Å²) in [7, 11) is 0. The molecule has 0 saturated carbocycles. The second kappa shape index (κ2) is 9.70. The lowest BCUT2D eigenvalue weighted by atomic mass is 10.1. The number of hydrogen-bond donors (Lipinski definition) is 0. The molecule has 0 fully saturated rings. The molecule has 5 heteroatoms. The van der Waals surface area contributed by atoms with Gasteiger partial charge in [0.2, 0.25) is 0 Å². The summed E-state index contributed by atoms with van der Waals surface area (Å²) in [6.07, 6.45) is 1.81. The fourth-order valence-corrected chi connectivity index (χ4v) is 3.47. The van der Waals surface area contributed by atoms with E-state index in [1.165, 1.54) is 17.7 Å². The van der Waals surface area contributed by atoms with E-state index in [0.29, 0.717) is 24.7 Å². The Labute approximate surface area is 179 Å². The number of aliphatic imine (C=N–C) groups is 1. The van der Waals surface area contributed by atoms with Crippen LogP contribution in [-0.2, 0) is 6.61 Å². The highest BCUT2D eigenvalue weighted by atomic mass is 79.9. The Balaban J connectivity index is 1.83. The van der Waals surface area contributed by atoms with Crippen molar-refractivity contribution in [2.45, 2.75) is 27.4 Å². The lowest BCUT2D eigenvalue weighted by molar-refractivity contribution is 0.267. The molecule has 0 aliphatic carbocycles. The van der Waals surface area contributed by atoms with E-state index in [4.69, 9.17) is 9.47 Å². The van der Waals surface area contributed by atoms with Crippen LogP contribution < -0.4 is 9.47 Å². The normalized spacial score (nSPS) is 11.1. The van der Waals surface area contributed by atoms with E-state index in [1.807, 2.05) is 44.3 Å². The Bertz CT molecular complexity index is 1020. The van der Waals surface area contributed by atoms with Crippen LogP contribution in [0.25, 0.3) is 0 Å². The van der Waals surface area contributed by atoms with Crippen molar-refractivity contribution in [3.8, 4) is 11.5 Å². The zero-order chi connectivity index (χ0) is 20.8. The molecule has 0 heterocycles. The summed E-state index contributed by atoms with van der Waals surface area (Å²) >= 11 is 3.58. The van der Waals surface area contributed by atoms with Gasteiger partial charge in [-0.05, 0) is 83.7 Å². The second-order valence-electron chi connectivity index (χ2n) is 6.73. The zero-order valence-electron chi connectivity index (χ0n) is 16.7. The maximum absolute atomic E-state index is 13.1. The van der Waals surface area contributed by atoms with Gasteiger partial charge < -0.3 is 9.47 Å². The number of ether oxygens (including phenoxy) is 2. The molecular formula is C24H23BrFNO2. The quantitative estimate of drug-likeness (QED) is 0.361. The molecule has 3 aromatic rings. The summed E-state index contributed by atoms with van der Waals surface area (Å²) in [5.74, 6) is 0.975. The van der Waals surface area contributed by atoms with Gasteiger partial charge in [0.05, 0.1) is 16.8 Å². The number of halogens is 2. The van der Waals surface area contributed by atoms with Crippen LogP contribution in [0.3, 0.4) is 0 Å². The van der Waals surface area contributed by atoms with Gasteiger partial charge in [-0.3, -0.25) is 4.99 Å². The number of benzene rings is 3. The van der Waals surface area contributed by atoms with E-state index in [1.54, 1.807) is 12.1 Å². The van der Waals surface area contributed by atoms with Gasteiger partial charge >= 0.3 is 0 Å². The van der Waals surface area contributed by atoms with E-state index < -0.39 is 0 Å². The third-order valence-corrected chi connectivity index (χ3v) is 4.92. The van der Waals surface area contributed by atoms with Crippen LogP contribution in [-0.4, -0.2) is 12.8 Å². The van der Waals surface area contributed by atoms with Crippen molar-refractivity contribution in [2.75, 3.05) is 6.61 Å². The Morgan fingerprint density at radius 2 is 1.76 bits per heavy atom. The van der Waals surface area contributed by atoms with Gasteiger partial charge in [0.25, 0.3) is 0 Å². The summed E-state index contributed by atoms with van der Waals surface area (Å²) in [4.78, 5) is 4.61. The summed E-state index contributed by atoms with van der Waals surface area (Å²) in [5.41, 5.74) is 5.05. The maximum Gasteiger partial charge on any atom is 0.175 e. The molecule has 3 rings (SSSR count). The Morgan fingerprint density at radius 1 is 1.00 bits per heavy atom. The lowest BCUT2D eigenvalue weighted by Gasteiger charge is -2.15. The summed E-state index contributed by atoms with van der Waals surface area (Å²) in [6.45, 7) is 6.87. The van der Waals surface area contributed by atoms with Crippen LogP contribution in [0, 0.1) is 19.7 Å². The number of nitrogens with zero attached hydrogens (tertiary/aromatic N) is 1. The molecule has 3 aromatic carbocycles. The molecule has 0 aliphatic heterocycles. The highest BCUT2D eigenvalue weighted by molar-refractivity contribution is 9.10. The van der Waals surface area contributed by atoms with Gasteiger partial charge in [-0.1, -0.05) is 29.8 Å². The molecule has 0 saturated heterocycles. The minimum atomic E-state index is -0.266. The first-order chi connectivity index (χ1) is 14.0. The van der Waals surface area contributed by atoms with Crippen molar-refractivity contribution in [3.63, 3.8) is 0 Å². The van der Waals surface area contributed by atoms with Crippen molar-refractivity contribution in [1.82, 2.24) is 0 Å².